The molecule has 0 aromatic heterocycles. The second-order valence-corrected chi connectivity index (χ2v) is 7.65. The molecule has 0 spiro atoms. The van der Waals surface area contributed by atoms with Crippen LogP contribution in [0.1, 0.15) is 36.3 Å². The lowest BCUT2D eigenvalue weighted by Gasteiger charge is -2.17. The first-order valence-electron chi connectivity index (χ1n) is 8.93. The number of rotatable bonds is 4. The minimum Gasteiger partial charge on any atom is -0.449 e. The van der Waals surface area contributed by atoms with Crippen LogP contribution in [-0.4, -0.2) is 24.1 Å². The van der Waals surface area contributed by atoms with Crippen LogP contribution in [0.5, 0.6) is 0 Å². The molecule has 1 amide bonds. The Hall–Kier alpha value is -1.81. The average molecular weight is 400 g/mol. The van der Waals surface area contributed by atoms with Gasteiger partial charge in [0.25, 0.3) is 0 Å². The Morgan fingerprint density at radius 2 is 1.68 bits per heavy atom. The van der Waals surface area contributed by atoms with Gasteiger partial charge in [-0.2, -0.15) is 0 Å². The first-order valence-corrected chi connectivity index (χ1v) is 10.1. The van der Waals surface area contributed by atoms with Gasteiger partial charge in [-0.15, -0.1) is 0 Å². The molecule has 1 N–H and O–H groups in total. The zero-order valence-corrected chi connectivity index (χ0v) is 15.7. The van der Waals surface area contributed by atoms with E-state index in [0.717, 1.165) is 18.2 Å². The number of alkyl halides is 1. The van der Waals surface area contributed by atoms with Gasteiger partial charge < -0.3 is 10.1 Å². The Morgan fingerprint density at radius 3 is 2.28 bits per heavy atom. The van der Waals surface area contributed by atoms with Crippen molar-refractivity contribution in [1.29, 1.82) is 0 Å². The Morgan fingerprint density at radius 1 is 1.04 bits per heavy atom. The van der Waals surface area contributed by atoms with Gasteiger partial charge in [0, 0.05) is 17.3 Å². The van der Waals surface area contributed by atoms with Crippen molar-refractivity contribution >= 4 is 22.0 Å². The van der Waals surface area contributed by atoms with E-state index in [1.807, 2.05) is 0 Å². The number of carbonyl (C=O) groups is 1. The molecule has 0 bridgehead atoms. The van der Waals surface area contributed by atoms with Crippen LogP contribution in [0.3, 0.4) is 0 Å². The normalized spacial score (nSPS) is 21.6. The van der Waals surface area contributed by atoms with E-state index in [4.69, 9.17) is 4.74 Å². The number of fused-ring (bicyclic) bond motifs is 3. The first-order chi connectivity index (χ1) is 12.3. The Kier molecular flexibility index (Phi) is 4.80. The summed E-state index contributed by atoms with van der Waals surface area (Å²) >= 11 is 3.53. The van der Waals surface area contributed by atoms with E-state index in [0.29, 0.717) is 12.5 Å². The highest BCUT2D eigenvalue weighted by atomic mass is 79.9. The predicted octanol–water partition coefficient (Wildman–Crippen LogP) is 5.09. The molecule has 1 saturated carbocycles. The molecule has 2 aliphatic carbocycles. The number of ether oxygens (including phenoxy) is 1. The summed E-state index contributed by atoms with van der Waals surface area (Å²) in [5.41, 5.74) is 5.00. The van der Waals surface area contributed by atoms with E-state index in [9.17, 15) is 4.79 Å². The van der Waals surface area contributed by atoms with Crippen LogP contribution in [-0.2, 0) is 4.74 Å². The second kappa shape index (κ2) is 7.20. The highest BCUT2D eigenvalue weighted by molar-refractivity contribution is 9.09. The summed E-state index contributed by atoms with van der Waals surface area (Å²) in [5.74, 6) is 0.788. The Labute approximate surface area is 156 Å². The standard InChI is InChI=1S/C21H22BrNO2/c22-12-14-9-10-15(11-14)23-21(24)25-13-20-18-7-3-1-5-16(18)17-6-2-4-8-19(17)20/h1-8,14-15,20H,9-13H2,(H,23,24)/t14-,15+/m1/s1. The highest BCUT2D eigenvalue weighted by Crippen LogP contribution is 2.44. The fraction of sp³-hybridized carbons (Fsp3) is 0.381. The van der Waals surface area contributed by atoms with Gasteiger partial charge in [-0.1, -0.05) is 64.5 Å². The van der Waals surface area contributed by atoms with Crippen molar-refractivity contribution in [2.75, 3.05) is 11.9 Å². The van der Waals surface area contributed by atoms with E-state index in [1.54, 1.807) is 0 Å². The number of nitrogens with one attached hydrogen (secondary N) is 1. The number of alkyl carbamates (subject to hydrolysis) is 1. The summed E-state index contributed by atoms with van der Waals surface area (Å²) in [6, 6.07) is 17.0. The Balaban J connectivity index is 1.42. The minimum absolute atomic E-state index is 0.122. The third kappa shape index (κ3) is 3.32. The van der Waals surface area contributed by atoms with Crippen LogP contribution in [0.2, 0.25) is 0 Å². The second-order valence-electron chi connectivity index (χ2n) is 7.00. The van der Waals surface area contributed by atoms with Gasteiger partial charge >= 0.3 is 6.09 Å². The monoisotopic (exact) mass is 399 g/mol. The summed E-state index contributed by atoms with van der Waals surface area (Å²) in [6.45, 7) is 0.383. The molecule has 2 aromatic carbocycles. The summed E-state index contributed by atoms with van der Waals surface area (Å²) in [7, 11) is 0. The maximum Gasteiger partial charge on any atom is 0.407 e. The zero-order valence-electron chi connectivity index (χ0n) is 14.1. The molecule has 0 aliphatic heterocycles. The van der Waals surface area contributed by atoms with Crippen LogP contribution >= 0.6 is 15.9 Å². The maximum absolute atomic E-state index is 12.2. The molecular formula is C21H22BrNO2. The maximum atomic E-state index is 12.2. The van der Waals surface area contributed by atoms with Crippen molar-refractivity contribution in [1.82, 2.24) is 5.32 Å². The van der Waals surface area contributed by atoms with Gasteiger partial charge in [0.1, 0.15) is 6.61 Å². The molecule has 2 aromatic rings. The fourth-order valence-corrected chi connectivity index (χ4v) is 4.74. The molecule has 3 nitrogen and oxygen atoms in total. The molecular weight excluding hydrogens is 378 g/mol. The zero-order chi connectivity index (χ0) is 17.2. The molecule has 2 atom stereocenters. The smallest absolute Gasteiger partial charge is 0.407 e. The molecule has 25 heavy (non-hydrogen) atoms. The summed E-state index contributed by atoms with van der Waals surface area (Å²) in [5, 5.41) is 4.04. The van der Waals surface area contributed by atoms with Gasteiger partial charge in [-0.05, 0) is 47.4 Å². The first kappa shape index (κ1) is 16.6. The molecule has 130 valence electrons. The van der Waals surface area contributed by atoms with E-state index < -0.39 is 0 Å². The van der Waals surface area contributed by atoms with Crippen LogP contribution in [0.25, 0.3) is 11.1 Å². The molecule has 4 rings (SSSR count). The van der Waals surface area contributed by atoms with Gasteiger partial charge in [0.2, 0.25) is 0 Å². The van der Waals surface area contributed by atoms with Gasteiger partial charge in [0.05, 0.1) is 0 Å². The SMILES string of the molecule is O=C(N[C@H]1CC[C@@H](CBr)C1)OCC1c2ccccc2-c2ccccc21. The quantitative estimate of drug-likeness (QED) is 0.727. The molecule has 0 unspecified atom stereocenters. The largest absolute Gasteiger partial charge is 0.449 e. The summed E-state index contributed by atoms with van der Waals surface area (Å²) in [4.78, 5) is 12.2. The molecule has 0 heterocycles. The number of halogens is 1. The molecule has 0 saturated heterocycles. The van der Waals surface area contributed by atoms with Crippen molar-refractivity contribution in [2.24, 2.45) is 5.92 Å². The number of amides is 1. The van der Waals surface area contributed by atoms with E-state index in [1.165, 1.54) is 28.7 Å². The van der Waals surface area contributed by atoms with E-state index >= 15 is 0 Å². The number of benzene rings is 2. The van der Waals surface area contributed by atoms with Crippen LogP contribution in [0, 0.1) is 5.92 Å². The third-order valence-corrected chi connectivity index (χ3v) is 6.34. The molecule has 4 heteroatoms. The Bertz CT molecular complexity index is 730. The molecule has 2 aliphatic rings. The lowest BCUT2D eigenvalue weighted by atomic mass is 9.98. The average Bonchev–Trinajstić information content (AvgIpc) is 3.22. The summed E-state index contributed by atoms with van der Waals surface area (Å²) < 4.78 is 5.61. The molecule has 1 fully saturated rings. The van der Waals surface area contributed by atoms with Crippen LogP contribution in [0.15, 0.2) is 48.5 Å². The van der Waals surface area contributed by atoms with Crippen LogP contribution in [0.4, 0.5) is 4.79 Å². The number of hydrogen-bond acceptors (Lipinski definition) is 2. The fourth-order valence-electron chi connectivity index (χ4n) is 4.15. The minimum atomic E-state index is -0.290. The van der Waals surface area contributed by atoms with E-state index in [2.05, 4.69) is 69.8 Å². The van der Waals surface area contributed by atoms with Crippen molar-refractivity contribution in [2.45, 2.75) is 31.2 Å². The number of hydrogen-bond donors (Lipinski definition) is 1. The van der Waals surface area contributed by atoms with Crippen molar-refractivity contribution < 1.29 is 9.53 Å². The highest BCUT2D eigenvalue weighted by Gasteiger charge is 2.30. The van der Waals surface area contributed by atoms with Crippen molar-refractivity contribution in [3.63, 3.8) is 0 Å². The van der Waals surface area contributed by atoms with Crippen molar-refractivity contribution in [3.05, 3.63) is 59.7 Å². The van der Waals surface area contributed by atoms with Gasteiger partial charge in [-0.3, -0.25) is 0 Å². The lowest BCUT2D eigenvalue weighted by molar-refractivity contribution is 0.139. The van der Waals surface area contributed by atoms with Gasteiger partial charge in [-0.25, -0.2) is 4.79 Å². The van der Waals surface area contributed by atoms with Gasteiger partial charge in [0.15, 0.2) is 0 Å². The molecule has 0 radical (unpaired) electrons. The summed E-state index contributed by atoms with van der Waals surface area (Å²) in [6.07, 6.45) is 2.96. The topological polar surface area (TPSA) is 38.3 Å². The van der Waals surface area contributed by atoms with Crippen LogP contribution < -0.4 is 5.32 Å². The van der Waals surface area contributed by atoms with Crippen molar-refractivity contribution in [3.8, 4) is 11.1 Å². The predicted molar refractivity (Wildman–Crippen MR) is 103 cm³/mol. The number of carbonyl (C=O) groups excluding carboxylic acids is 1. The van der Waals surface area contributed by atoms with E-state index in [-0.39, 0.29) is 18.1 Å². The lowest BCUT2D eigenvalue weighted by Crippen LogP contribution is -2.34. The third-order valence-electron chi connectivity index (χ3n) is 5.43.